The van der Waals surface area contributed by atoms with E-state index in [9.17, 15) is 13.6 Å². The Balaban J connectivity index is 2.85. The van der Waals surface area contributed by atoms with E-state index in [1.165, 1.54) is 12.1 Å². The van der Waals surface area contributed by atoms with Gasteiger partial charge in [-0.05, 0) is 24.3 Å². The van der Waals surface area contributed by atoms with Gasteiger partial charge in [0.05, 0.1) is 0 Å². The Morgan fingerprint density at radius 1 is 1.54 bits per heavy atom. The van der Waals surface area contributed by atoms with Gasteiger partial charge >= 0.3 is 6.61 Å². The Kier molecular flexibility index (Phi) is 2.79. The highest BCUT2D eigenvalue weighted by Crippen LogP contribution is 2.14. The third-order valence-corrected chi connectivity index (χ3v) is 1.27. The van der Waals surface area contributed by atoms with Crippen molar-refractivity contribution in [2.45, 2.75) is 6.61 Å². The lowest BCUT2D eigenvalue weighted by Gasteiger charge is -2.04. The zero-order chi connectivity index (χ0) is 9.84. The average molecular weight is 186 g/mol. The Labute approximate surface area is 73.1 Å². The van der Waals surface area contributed by atoms with E-state index < -0.39 is 12.5 Å². The molecule has 1 aromatic carbocycles. The minimum absolute atomic E-state index is 0.0816. The average Bonchev–Trinajstić information content (AvgIpc) is 2.03. The largest absolute Gasteiger partial charge is 0.435 e. The number of ether oxygens (including phenoxy) is 1. The first-order chi connectivity index (χ1) is 6.09. The summed E-state index contributed by atoms with van der Waals surface area (Å²) in [5.74, 6) is -0.845. The molecule has 13 heavy (non-hydrogen) atoms. The van der Waals surface area contributed by atoms with Gasteiger partial charge in [0.1, 0.15) is 5.75 Å². The lowest BCUT2D eigenvalue weighted by Crippen LogP contribution is -2.11. The lowest BCUT2D eigenvalue weighted by atomic mass is 10.2. The number of rotatable bonds is 3. The topological polar surface area (TPSA) is 52.3 Å². The maximum Gasteiger partial charge on any atom is 0.387 e. The molecule has 0 heterocycles. The predicted octanol–water partition coefficient (Wildman–Crippen LogP) is 1.19. The fourth-order valence-electron chi connectivity index (χ4n) is 0.763. The Morgan fingerprint density at radius 3 is 2.77 bits per heavy atom. The van der Waals surface area contributed by atoms with Gasteiger partial charge in [0.2, 0.25) is 5.91 Å². The minimum atomic E-state index is -2.92. The highest BCUT2D eigenvalue weighted by Gasteiger charge is 2.06. The number of primary amides is 1. The van der Waals surface area contributed by atoms with E-state index in [0.717, 1.165) is 6.07 Å². The molecule has 0 spiro atoms. The SMILES string of the molecule is NC(=O)c1c[c]cc(OC(F)F)c1. The zero-order valence-electron chi connectivity index (χ0n) is 6.46. The van der Waals surface area contributed by atoms with Gasteiger partial charge in [-0.15, -0.1) is 0 Å². The van der Waals surface area contributed by atoms with Gasteiger partial charge in [0.25, 0.3) is 0 Å². The molecular formula is C8H6F2NO2. The van der Waals surface area contributed by atoms with Crippen LogP contribution in [0, 0.1) is 6.07 Å². The van der Waals surface area contributed by atoms with E-state index in [0.29, 0.717) is 0 Å². The molecule has 0 aliphatic heterocycles. The monoisotopic (exact) mass is 186 g/mol. The second kappa shape index (κ2) is 3.84. The summed E-state index contributed by atoms with van der Waals surface area (Å²) in [6.07, 6.45) is 0. The molecule has 5 heteroatoms. The summed E-state index contributed by atoms with van der Waals surface area (Å²) in [5, 5.41) is 0. The van der Waals surface area contributed by atoms with E-state index in [4.69, 9.17) is 5.73 Å². The van der Waals surface area contributed by atoms with Crippen LogP contribution in [0.25, 0.3) is 0 Å². The van der Waals surface area contributed by atoms with E-state index >= 15 is 0 Å². The fraction of sp³-hybridized carbons (Fsp3) is 0.125. The summed E-state index contributed by atoms with van der Waals surface area (Å²) >= 11 is 0. The molecule has 1 aromatic rings. The van der Waals surface area contributed by atoms with Crippen LogP contribution in [-0.4, -0.2) is 12.5 Å². The smallest absolute Gasteiger partial charge is 0.387 e. The van der Waals surface area contributed by atoms with Crippen molar-refractivity contribution >= 4 is 5.91 Å². The maximum absolute atomic E-state index is 11.7. The number of carbonyl (C=O) groups is 1. The molecule has 0 saturated carbocycles. The molecule has 3 nitrogen and oxygen atoms in total. The van der Waals surface area contributed by atoms with Crippen LogP contribution in [0.1, 0.15) is 10.4 Å². The first kappa shape index (κ1) is 9.44. The van der Waals surface area contributed by atoms with Crippen LogP contribution in [-0.2, 0) is 0 Å². The van der Waals surface area contributed by atoms with Gasteiger partial charge in [-0.25, -0.2) is 0 Å². The molecule has 0 fully saturated rings. The molecule has 0 aliphatic carbocycles. The number of benzene rings is 1. The highest BCUT2D eigenvalue weighted by atomic mass is 19.3. The first-order valence-electron chi connectivity index (χ1n) is 3.35. The first-order valence-corrected chi connectivity index (χ1v) is 3.35. The van der Waals surface area contributed by atoms with Crippen LogP contribution in [0.5, 0.6) is 5.75 Å². The van der Waals surface area contributed by atoms with Crippen molar-refractivity contribution < 1.29 is 18.3 Å². The van der Waals surface area contributed by atoms with Gasteiger partial charge in [-0.3, -0.25) is 4.79 Å². The highest BCUT2D eigenvalue weighted by molar-refractivity contribution is 5.93. The van der Waals surface area contributed by atoms with E-state index in [1.54, 1.807) is 0 Å². The summed E-state index contributed by atoms with van der Waals surface area (Å²) in [4.78, 5) is 10.6. The molecule has 1 rings (SSSR count). The summed E-state index contributed by atoms with van der Waals surface area (Å²) in [6, 6.07) is 6.07. The molecule has 0 aliphatic rings. The Hall–Kier alpha value is -1.65. The van der Waals surface area contributed by atoms with Gasteiger partial charge in [-0.2, -0.15) is 8.78 Å². The molecule has 1 amide bonds. The Morgan fingerprint density at radius 2 is 2.23 bits per heavy atom. The van der Waals surface area contributed by atoms with Crippen LogP contribution >= 0.6 is 0 Å². The molecular weight excluding hydrogens is 180 g/mol. The van der Waals surface area contributed by atoms with Gasteiger partial charge in [0, 0.05) is 5.56 Å². The van der Waals surface area contributed by atoms with Crippen LogP contribution in [0.3, 0.4) is 0 Å². The van der Waals surface area contributed by atoms with Crippen molar-refractivity contribution in [3.05, 3.63) is 29.8 Å². The second-order valence-electron chi connectivity index (χ2n) is 2.20. The van der Waals surface area contributed by atoms with Gasteiger partial charge in [0.15, 0.2) is 0 Å². The number of alkyl halides is 2. The van der Waals surface area contributed by atoms with Crippen molar-refractivity contribution in [2.24, 2.45) is 5.73 Å². The van der Waals surface area contributed by atoms with Crippen molar-refractivity contribution in [1.29, 1.82) is 0 Å². The van der Waals surface area contributed by atoms with E-state index in [1.807, 2.05) is 0 Å². The molecule has 0 bridgehead atoms. The van der Waals surface area contributed by atoms with E-state index in [2.05, 4.69) is 10.8 Å². The van der Waals surface area contributed by atoms with Gasteiger partial charge < -0.3 is 10.5 Å². The lowest BCUT2D eigenvalue weighted by molar-refractivity contribution is -0.0499. The van der Waals surface area contributed by atoms with Crippen LogP contribution < -0.4 is 10.5 Å². The Bertz CT molecular complexity index is 315. The fourth-order valence-corrected chi connectivity index (χ4v) is 0.763. The molecule has 2 N–H and O–H groups in total. The number of amides is 1. The van der Waals surface area contributed by atoms with Crippen LogP contribution in [0.15, 0.2) is 18.2 Å². The van der Waals surface area contributed by atoms with Crippen molar-refractivity contribution in [3.8, 4) is 5.75 Å². The van der Waals surface area contributed by atoms with Crippen LogP contribution in [0.4, 0.5) is 8.78 Å². The molecule has 0 unspecified atom stereocenters. The number of nitrogens with two attached hydrogens (primary N) is 1. The number of hydrogen-bond acceptors (Lipinski definition) is 2. The van der Waals surface area contributed by atoms with Crippen molar-refractivity contribution in [3.63, 3.8) is 0 Å². The third kappa shape index (κ3) is 2.70. The molecule has 0 aromatic heterocycles. The van der Waals surface area contributed by atoms with E-state index in [-0.39, 0.29) is 11.3 Å². The normalized spacial score (nSPS) is 10.1. The summed E-state index contributed by atoms with van der Waals surface area (Å²) in [5.41, 5.74) is 4.99. The van der Waals surface area contributed by atoms with Gasteiger partial charge in [-0.1, -0.05) is 0 Å². The summed E-state index contributed by atoms with van der Waals surface area (Å²) in [6.45, 7) is -2.92. The number of hydrogen-bond donors (Lipinski definition) is 1. The predicted molar refractivity (Wildman–Crippen MR) is 40.4 cm³/mol. The second-order valence-corrected chi connectivity index (χ2v) is 2.20. The zero-order valence-corrected chi connectivity index (χ0v) is 6.46. The van der Waals surface area contributed by atoms with Crippen LogP contribution in [0.2, 0.25) is 0 Å². The standard InChI is InChI=1S/C8H6F2NO2/c9-8(10)13-6-3-1-2-5(4-6)7(11)12/h2-4,8H,(H2,11,12). The molecule has 0 atom stereocenters. The molecule has 1 radical (unpaired) electrons. The van der Waals surface area contributed by atoms with Crippen molar-refractivity contribution in [2.75, 3.05) is 0 Å². The number of halogens is 2. The number of carbonyl (C=O) groups excluding carboxylic acids is 1. The summed E-state index contributed by atoms with van der Waals surface area (Å²) in [7, 11) is 0. The van der Waals surface area contributed by atoms with Crippen molar-refractivity contribution in [1.82, 2.24) is 0 Å². The quantitative estimate of drug-likeness (QED) is 0.770. The minimum Gasteiger partial charge on any atom is -0.435 e. The maximum atomic E-state index is 11.7. The molecule has 0 saturated heterocycles. The third-order valence-electron chi connectivity index (χ3n) is 1.27. The summed E-state index contributed by atoms with van der Waals surface area (Å²) < 4.78 is 27.4. The molecule has 69 valence electrons.